The zero-order valence-electron chi connectivity index (χ0n) is 15.4. The molecule has 29 heavy (non-hydrogen) atoms. The van der Waals surface area contributed by atoms with E-state index in [2.05, 4.69) is 56.2 Å². The fourth-order valence-electron chi connectivity index (χ4n) is 3.26. The molecule has 0 saturated heterocycles. The smallest absolute Gasteiger partial charge is 0.231 e. The fourth-order valence-corrected chi connectivity index (χ4v) is 4.45. The first-order valence-corrected chi connectivity index (χ1v) is 10.9. The van der Waals surface area contributed by atoms with Crippen LogP contribution in [-0.4, -0.2) is 11.4 Å². The molecular formula is C23H17BrN2O2S. The van der Waals surface area contributed by atoms with E-state index >= 15 is 0 Å². The molecule has 5 rings (SSSR count). The maximum Gasteiger partial charge on any atom is 0.231 e. The monoisotopic (exact) mass is 464 g/mol. The Morgan fingerprint density at radius 1 is 0.931 bits per heavy atom. The predicted molar refractivity (Wildman–Crippen MR) is 119 cm³/mol. The van der Waals surface area contributed by atoms with Crippen LogP contribution in [0.1, 0.15) is 5.56 Å². The van der Waals surface area contributed by atoms with E-state index in [0.717, 1.165) is 43.3 Å². The van der Waals surface area contributed by atoms with E-state index in [9.17, 15) is 0 Å². The summed E-state index contributed by atoms with van der Waals surface area (Å²) in [6.07, 6.45) is 0. The number of nitrogens with zero attached hydrogens (tertiary/aromatic N) is 2. The van der Waals surface area contributed by atoms with Crippen LogP contribution < -0.4 is 14.3 Å². The molecule has 1 aliphatic rings. The highest BCUT2D eigenvalue weighted by Gasteiger charge is 2.15. The van der Waals surface area contributed by atoms with Gasteiger partial charge in [0.05, 0.1) is 17.9 Å². The zero-order chi connectivity index (χ0) is 19.6. The van der Waals surface area contributed by atoms with Crippen molar-refractivity contribution in [3.63, 3.8) is 0 Å². The quantitative estimate of drug-likeness (QED) is 0.371. The second-order valence-corrected chi connectivity index (χ2v) is 8.38. The summed E-state index contributed by atoms with van der Waals surface area (Å²) in [5.74, 6) is 1.59. The lowest BCUT2D eigenvalue weighted by atomic mass is 10.1. The van der Waals surface area contributed by atoms with E-state index in [1.165, 1.54) is 0 Å². The Bertz CT molecular complexity index is 1210. The van der Waals surface area contributed by atoms with Crippen LogP contribution in [0, 0.1) is 0 Å². The van der Waals surface area contributed by atoms with Gasteiger partial charge in [-0.2, -0.15) is 0 Å². The van der Waals surface area contributed by atoms with E-state index in [-0.39, 0.29) is 6.79 Å². The first-order chi connectivity index (χ1) is 14.3. The number of para-hydroxylation sites is 1. The van der Waals surface area contributed by atoms with E-state index in [4.69, 9.17) is 14.5 Å². The van der Waals surface area contributed by atoms with E-state index in [1.54, 1.807) is 11.3 Å². The average Bonchev–Trinajstić information content (AvgIpc) is 3.37. The summed E-state index contributed by atoms with van der Waals surface area (Å²) in [5, 5.41) is 2.16. The van der Waals surface area contributed by atoms with Crippen molar-refractivity contribution in [2.75, 3.05) is 6.79 Å². The van der Waals surface area contributed by atoms with Crippen LogP contribution in [0.2, 0.25) is 0 Å². The molecule has 0 fully saturated rings. The van der Waals surface area contributed by atoms with Crippen molar-refractivity contribution in [2.45, 2.75) is 6.54 Å². The highest BCUT2D eigenvalue weighted by Crippen LogP contribution is 2.33. The van der Waals surface area contributed by atoms with Crippen LogP contribution in [-0.2, 0) is 6.54 Å². The lowest BCUT2D eigenvalue weighted by molar-refractivity contribution is 0.174. The van der Waals surface area contributed by atoms with Gasteiger partial charge in [-0.05, 0) is 47.5 Å². The molecule has 0 N–H and O–H groups in total. The van der Waals surface area contributed by atoms with Gasteiger partial charge >= 0.3 is 0 Å². The third-order valence-corrected chi connectivity index (χ3v) is 6.09. The van der Waals surface area contributed by atoms with Crippen molar-refractivity contribution in [1.29, 1.82) is 0 Å². The molecule has 6 heteroatoms. The molecule has 2 heterocycles. The number of hydrogen-bond donors (Lipinski definition) is 0. The molecule has 0 aliphatic carbocycles. The number of benzene rings is 3. The van der Waals surface area contributed by atoms with Gasteiger partial charge in [-0.15, -0.1) is 11.3 Å². The van der Waals surface area contributed by atoms with Crippen LogP contribution in [0.15, 0.2) is 87.6 Å². The maximum absolute atomic E-state index is 5.55. The molecule has 0 unspecified atom stereocenters. The number of hydrogen-bond acceptors (Lipinski definition) is 4. The molecule has 0 atom stereocenters. The predicted octanol–water partition coefficient (Wildman–Crippen LogP) is 5.99. The lowest BCUT2D eigenvalue weighted by Gasteiger charge is -2.10. The molecule has 4 aromatic rings. The number of thiazole rings is 1. The second-order valence-electron chi connectivity index (χ2n) is 6.63. The molecule has 1 aliphatic heterocycles. The molecule has 0 amide bonds. The summed E-state index contributed by atoms with van der Waals surface area (Å²) in [6, 6.07) is 24.5. The lowest BCUT2D eigenvalue weighted by Crippen LogP contribution is -2.16. The van der Waals surface area contributed by atoms with Gasteiger partial charge in [0.25, 0.3) is 0 Å². The summed E-state index contributed by atoms with van der Waals surface area (Å²) in [4.78, 5) is 5.84. The Morgan fingerprint density at radius 2 is 1.72 bits per heavy atom. The summed E-state index contributed by atoms with van der Waals surface area (Å²) in [5.41, 5.74) is 4.37. The van der Waals surface area contributed by atoms with Crippen LogP contribution >= 0.6 is 27.3 Å². The SMILES string of the molecule is Brc1ccc(-c2csc(=Nc3ccccc3)n2Cc2ccc3c(c2)OCO3)cc1. The van der Waals surface area contributed by atoms with Crippen LogP contribution in [0.4, 0.5) is 5.69 Å². The van der Waals surface area contributed by atoms with Gasteiger partial charge in [-0.3, -0.25) is 0 Å². The summed E-state index contributed by atoms with van der Waals surface area (Å²) < 4.78 is 14.3. The molecule has 0 saturated carbocycles. The molecular weight excluding hydrogens is 448 g/mol. The number of rotatable bonds is 4. The fraction of sp³-hybridized carbons (Fsp3) is 0.0870. The molecule has 0 spiro atoms. The first kappa shape index (κ1) is 18.2. The summed E-state index contributed by atoms with van der Waals surface area (Å²) in [6.45, 7) is 0.973. The van der Waals surface area contributed by atoms with Gasteiger partial charge in [-0.25, -0.2) is 4.99 Å². The maximum atomic E-state index is 5.55. The highest BCUT2D eigenvalue weighted by atomic mass is 79.9. The summed E-state index contributed by atoms with van der Waals surface area (Å²) >= 11 is 5.16. The Kier molecular flexibility index (Phi) is 4.96. The molecule has 3 aromatic carbocycles. The van der Waals surface area contributed by atoms with E-state index < -0.39 is 0 Å². The van der Waals surface area contributed by atoms with Gasteiger partial charge in [-0.1, -0.05) is 52.3 Å². The summed E-state index contributed by atoms with van der Waals surface area (Å²) in [7, 11) is 0. The average molecular weight is 465 g/mol. The standard InChI is InChI=1S/C23H17BrN2O2S/c24-18-9-7-17(8-10-18)20-14-29-23(25-19-4-2-1-3-5-19)26(20)13-16-6-11-21-22(12-16)28-15-27-21/h1-12,14H,13,15H2. The van der Waals surface area contributed by atoms with Crippen molar-refractivity contribution in [1.82, 2.24) is 4.57 Å². The van der Waals surface area contributed by atoms with Crippen LogP contribution in [0.25, 0.3) is 11.3 Å². The Hall–Kier alpha value is -2.83. The molecule has 0 bridgehead atoms. The van der Waals surface area contributed by atoms with Gasteiger partial charge in [0.1, 0.15) is 0 Å². The topological polar surface area (TPSA) is 35.8 Å². The Morgan fingerprint density at radius 3 is 2.55 bits per heavy atom. The van der Waals surface area contributed by atoms with Crippen molar-refractivity contribution in [2.24, 2.45) is 4.99 Å². The highest BCUT2D eigenvalue weighted by molar-refractivity contribution is 9.10. The molecule has 1 aromatic heterocycles. The van der Waals surface area contributed by atoms with Gasteiger partial charge in [0.15, 0.2) is 16.3 Å². The Labute approximate surface area is 180 Å². The van der Waals surface area contributed by atoms with Gasteiger partial charge in [0, 0.05) is 9.85 Å². The third-order valence-electron chi connectivity index (χ3n) is 4.70. The number of fused-ring (bicyclic) bond motifs is 1. The third kappa shape index (κ3) is 3.86. The number of halogens is 1. The van der Waals surface area contributed by atoms with Crippen LogP contribution in [0.3, 0.4) is 0 Å². The van der Waals surface area contributed by atoms with Gasteiger partial charge < -0.3 is 14.0 Å². The van der Waals surface area contributed by atoms with E-state index in [1.807, 2.05) is 42.5 Å². The number of aromatic nitrogens is 1. The van der Waals surface area contributed by atoms with Crippen molar-refractivity contribution >= 4 is 33.0 Å². The minimum atomic E-state index is 0.281. The molecule has 0 radical (unpaired) electrons. The normalized spacial score (nSPS) is 13.1. The molecule has 144 valence electrons. The minimum Gasteiger partial charge on any atom is -0.454 e. The molecule has 4 nitrogen and oxygen atoms in total. The zero-order valence-corrected chi connectivity index (χ0v) is 17.8. The first-order valence-electron chi connectivity index (χ1n) is 9.19. The number of ether oxygens (including phenoxy) is 2. The second kappa shape index (κ2) is 7.89. The Balaban J connectivity index is 1.61. The van der Waals surface area contributed by atoms with Crippen LogP contribution in [0.5, 0.6) is 11.5 Å². The van der Waals surface area contributed by atoms with Crippen molar-refractivity contribution in [3.8, 4) is 22.8 Å². The largest absolute Gasteiger partial charge is 0.454 e. The van der Waals surface area contributed by atoms with Crippen molar-refractivity contribution < 1.29 is 9.47 Å². The van der Waals surface area contributed by atoms with Gasteiger partial charge in [0.2, 0.25) is 6.79 Å². The van der Waals surface area contributed by atoms with E-state index in [0.29, 0.717) is 6.54 Å². The minimum absolute atomic E-state index is 0.281. The van der Waals surface area contributed by atoms with Crippen molar-refractivity contribution in [3.05, 3.63) is 93.0 Å².